The van der Waals surface area contributed by atoms with Gasteiger partial charge < -0.3 is 9.47 Å². The van der Waals surface area contributed by atoms with Crippen LogP contribution in [0.5, 0.6) is 5.88 Å². The SMILES string of the molecule is COC1CCC(Oc2ccc3cc(Br)ccc3n2)CC1. The van der Waals surface area contributed by atoms with Crippen molar-refractivity contribution >= 4 is 26.8 Å². The van der Waals surface area contributed by atoms with Gasteiger partial charge in [0, 0.05) is 23.0 Å². The first-order chi connectivity index (χ1) is 9.74. The Kier molecular flexibility index (Phi) is 4.22. The van der Waals surface area contributed by atoms with Gasteiger partial charge in [0.1, 0.15) is 6.10 Å². The van der Waals surface area contributed by atoms with E-state index in [1.807, 2.05) is 18.2 Å². The Morgan fingerprint density at radius 2 is 1.80 bits per heavy atom. The predicted octanol–water partition coefficient (Wildman–Crippen LogP) is 4.33. The lowest BCUT2D eigenvalue weighted by Crippen LogP contribution is -2.27. The second kappa shape index (κ2) is 6.10. The van der Waals surface area contributed by atoms with E-state index in [0.29, 0.717) is 6.10 Å². The van der Waals surface area contributed by atoms with E-state index in [2.05, 4.69) is 33.0 Å². The minimum Gasteiger partial charge on any atom is -0.474 e. The Hall–Kier alpha value is -1.13. The first kappa shape index (κ1) is 13.8. The third-order valence-electron chi connectivity index (χ3n) is 3.87. The van der Waals surface area contributed by atoms with Crippen molar-refractivity contribution < 1.29 is 9.47 Å². The Morgan fingerprint density at radius 1 is 1.05 bits per heavy atom. The van der Waals surface area contributed by atoms with Crippen LogP contribution >= 0.6 is 15.9 Å². The molecule has 106 valence electrons. The van der Waals surface area contributed by atoms with Crippen molar-refractivity contribution in [2.45, 2.75) is 37.9 Å². The van der Waals surface area contributed by atoms with E-state index in [1.165, 1.54) is 0 Å². The molecule has 1 heterocycles. The number of halogens is 1. The minimum atomic E-state index is 0.266. The van der Waals surface area contributed by atoms with E-state index in [-0.39, 0.29) is 6.10 Å². The smallest absolute Gasteiger partial charge is 0.214 e. The van der Waals surface area contributed by atoms with Crippen LogP contribution in [0, 0.1) is 0 Å². The summed E-state index contributed by atoms with van der Waals surface area (Å²) >= 11 is 3.47. The number of hydrogen-bond donors (Lipinski definition) is 0. The van der Waals surface area contributed by atoms with Crippen LogP contribution in [-0.4, -0.2) is 24.3 Å². The molecule has 1 saturated carbocycles. The summed E-state index contributed by atoms with van der Waals surface area (Å²) in [5.74, 6) is 0.723. The zero-order chi connectivity index (χ0) is 13.9. The van der Waals surface area contributed by atoms with Crippen LogP contribution in [0.4, 0.5) is 0 Å². The number of benzene rings is 1. The first-order valence-electron chi connectivity index (χ1n) is 7.00. The number of nitrogens with zero attached hydrogens (tertiary/aromatic N) is 1. The summed E-state index contributed by atoms with van der Waals surface area (Å²) in [7, 11) is 1.79. The Morgan fingerprint density at radius 3 is 2.55 bits per heavy atom. The molecule has 20 heavy (non-hydrogen) atoms. The highest BCUT2D eigenvalue weighted by atomic mass is 79.9. The van der Waals surface area contributed by atoms with Gasteiger partial charge in [-0.05, 0) is 49.9 Å². The zero-order valence-electron chi connectivity index (χ0n) is 11.5. The van der Waals surface area contributed by atoms with Crippen LogP contribution in [-0.2, 0) is 4.74 Å². The lowest BCUT2D eigenvalue weighted by Gasteiger charge is -2.27. The van der Waals surface area contributed by atoms with Crippen molar-refractivity contribution in [2.75, 3.05) is 7.11 Å². The molecule has 2 aromatic rings. The van der Waals surface area contributed by atoms with Crippen molar-refractivity contribution in [1.82, 2.24) is 4.98 Å². The molecule has 1 aromatic carbocycles. The van der Waals surface area contributed by atoms with Gasteiger partial charge in [-0.3, -0.25) is 0 Å². The summed E-state index contributed by atoms with van der Waals surface area (Å²) < 4.78 is 12.5. The zero-order valence-corrected chi connectivity index (χ0v) is 13.1. The van der Waals surface area contributed by atoms with E-state index >= 15 is 0 Å². The number of pyridine rings is 1. The molecule has 3 nitrogen and oxygen atoms in total. The highest BCUT2D eigenvalue weighted by Crippen LogP contribution is 2.26. The van der Waals surface area contributed by atoms with Gasteiger partial charge in [-0.1, -0.05) is 15.9 Å². The first-order valence-corrected chi connectivity index (χ1v) is 7.79. The van der Waals surface area contributed by atoms with Gasteiger partial charge in [-0.2, -0.15) is 0 Å². The third kappa shape index (κ3) is 3.13. The van der Waals surface area contributed by atoms with Gasteiger partial charge in [0.05, 0.1) is 11.6 Å². The summed E-state index contributed by atoms with van der Waals surface area (Å²) in [5.41, 5.74) is 0.969. The molecule has 0 unspecified atom stereocenters. The fraction of sp³-hybridized carbons (Fsp3) is 0.438. The Balaban J connectivity index is 1.70. The fourth-order valence-electron chi connectivity index (χ4n) is 2.70. The van der Waals surface area contributed by atoms with Crippen LogP contribution in [0.25, 0.3) is 10.9 Å². The van der Waals surface area contributed by atoms with Gasteiger partial charge in [-0.15, -0.1) is 0 Å². The van der Waals surface area contributed by atoms with E-state index in [1.54, 1.807) is 7.11 Å². The van der Waals surface area contributed by atoms with Crippen molar-refractivity contribution in [1.29, 1.82) is 0 Å². The average Bonchev–Trinajstić information content (AvgIpc) is 2.48. The highest BCUT2D eigenvalue weighted by Gasteiger charge is 2.22. The summed E-state index contributed by atoms with van der Waals surface area (Å²) in [6.07, 6.45) is 4.89. The number of fused-ring (bicyclic) bond motifs is 1. The molecule has 0 radical (unpaired) electrons. The molecule has 0 bridgehead atoms. The van der Waals surface area contributed by atoms with Crippen LogP contribution in [0.1, 0.15) is 25.7 Å². The topological polar surface area (TPSA) is 31.4 Å². The Bertz CT molecular complexity index is 594. The molecule has 1 aliphatic rings. The van der Waals surface area contributed by atoms with Crippen molar-refractivity contribution in [3.05, 3.63) is 34.8 Å². The molecule has 1 aromatic heterocycles. The molecular formula is C16H18BrNO2. The summed E-state index contributed by atoms with van der Waals surface area (Å²) in [5, 5.41) is 1.12. The van der Waals surface area contributed by atoms with Crippen molar-refractivity contribution in [3.63, 3.8) is 0 Å². The van der Waals surface area contributed by atoms with Crippen LogP contribution < -0.4 is 4.74 Å². The number of methoxy groups -OCH3 is 1. The fourth-order valence-corrected chi connectivity index (χ4v) is 3.08. The van der Waals surface area contributed by atoms with E-state index < -0.39 is 0 Å². The van der Waals surface area contributed by atoms with Crippen molar-refractivity contribution in [2.24, 2.45) is 0 Å². The largest absolute Gasteiger partial charge is 0.474 e. The third-order valence-corrected chi connectivity index (χ3v) is 4.36. The molecule has 1 aliphatic carbocycles. The van der Waals surface area contributed by atoms with E-state index in [4.69, 9.17) is 9.47 Å². The van der Waals surface area contributed by atoms with Gasteiger partial charge in [0.25, 0.3) is 0 Å². The number of rotatable bonds is 3. The predicted molar refractivity (Wildman–Crippen MR) is 83.1 cm³/mol. The molecule has 0 atom stereocenters. The second-order valence-corrected chi connectivity index (χ2v) is 6.15. The molecule has 4 heteroatoms. The molecule has 0 aliphatic heterocycles. The maximum absolute atomic E-state index is 6.01. The van der Waals surface area contributed by atoms with Crippen LogP contribution in [0.15, 0.2) is 34.8 Å². The standard InChI is InChI=1S/C16H18BrNO2/c1-19-13-4-6-14(7-5-13)20-16-9-2-11-10-12(17)3-8-15(11)18-16/h2-3,8-10,13-14H,4-7H2,1H3. The van der Waals surface area contributed by atoms with Gasteiger partial charge >= 0.3 is 0 Å². The van der Waals surface area contributed by atoms with E-state index in [0.717, 1.165) is 46.9 Å². The monoisotopic (exact) mass is 335 g/mol. The minimum absolute atomic E-state index is 0.266. The van der Waals surface area contributed by atoms with Gasteiger partial charge in [0.2, 0.25) is 5.88 Å². The molecule has 1 fully saturated rings. The second-order valence-electron chi connectivity index (χ2n) is 5.24. The quantitative estimate of drug-likeness (QED) is 0.836. The average molecular weight is 336 g/mol. The summed E-state index contributed by atoms with van der Waals surface area (Å²) in [6.45, 7) is 0. The highest BCUT2D eigenvalue weighted by molar-refractivity contribution is 9.10. The molecule has 0 amide bonds. The number of aromatic nitrogens is 1. The van der Waals surface area contributed by atoms with Gasteiger partial charge in [0.15, 0.2) is 0 Å². The summed E-state index contributed by atoms with van der Waals surface area (Å²) in [6, 6.07) is 10.1. The number of ether oxygens (including phenoxy) is 2. The maximum Gasteiger partial charge on any atom is 0.214 e. The maximum atomic E-state index is 6.01. The summed E-state index contributed by atoms with van der Waals surface area (Å²) in [4.78, 5) is 4.58. The van der Waals surface area contributed by atoms with E-state index in [9.17, 15) is 0 Å². The van der Waals surface area contributed by atoms with Gasteiger partial charge in [-0.25, -0.2) is 4.98 Å². The molecule has 0 N–H and O–H groups in total. The molecular weight excluding hydrogens is 318 g/mol. The van der Waals surface area contributed by atoms with Crippen molar-refractivity contribution in [3.8, 4) is 5.88 Å². The number of hydrogen-bond acceptors (Lipinski definition) is 3. The Labute approximate surface area is 127 Å². The molecule has 0 saturated heterocycles. The molecule has 3 rings (SSSR count). The lowest BCUT2D eigenvalue weighted by atomic mass is 9.95. The lowest BCUT2D eigenvalue weighted by molar-refractivity contribution is 0.0315. The molecule has 0 spiro atoms. The normalized spacial score (nSPS) is 22.9. The van der Waals surface area contributed by atoms with Crippen LogP contribution in [0.3, 0.4) is 0 Å². The van der Waals surface area contributed by atoms with Crippen LogP contribution in [0.2, 0.25) is 0 Å².